The molecule has 174 valence electrons. The first-order valence-corrected chi connectivity index (χ1v) is 9.99. The van der Waals surface area contributed by atoms with Crippen LogP contribution in [0.5, 0.6) is 0 Å². The van der Waals surface area contributed by atoms with Crippen LogP contribution >= 0.6 is 0 Å². The Morgan fingerprint density at radius 2 is 2.03 bits per heavy atom. The molecule has 0 saturated heterocycles. The molecule has 0 fully saturated rings. The van der Waals surface area contributed by atoms with Crippen molar-refractivity contribution in [2.24, 2.45) is 0 Å². The maximum atomic E-state index is 12.3. The lowest BCUT2D eigenvalue weighted by Gasteiger charge is -2.21. The molecule has 1 rings (SSSR count). The van der Waals surface area contributed by atoms with Gasteiger partial charge >= 0.3 is 17.8 Å². The Balaban J connectivity index is 2.64. The minimum absolute atomic E-state index is 0.00234. The van der Waals surface area contributed by atoms with Crippen molar-refractivity contribution in [2.45, 2.75) is 45.6 Å². The number of terminal acetylenes is 1. The molecule has 0 spiro atoms. The van der Waals surface area contributed by atoms with Gasteiger partial charge < -0.3 is 20.5 Å². The van der Waals surface area contributed by atoms with Crippen LogP contribution in [0.1, 0.15) is 49.9 Å². The fourth-order valence-corrected chi connectivity index (χ4v) is 2.36. The summed E-state index contributed by atoms with van der Waals surface area (Å²) >= 11 is 0. The van der Waals surface area contributed by atoms with Crippen molar-refractivity contribution in [2.75, 3.05) is 25.4 Å². The number of amides is 3. The first-order chi connectivity index (χ1) is 15.2. The average Bonchev–Trinajstić information content (AvgIpc) is 2.77. The third kappa shape index (κ3) is 8.47. The molecule has 1 unspecified atom stereocenters. The molecule has 1 aromatic heterocycles. The van der Waals surface area contributed by atoms with Gasteiger partial charge in [0.15, 0.2) is 6.10 Å². The second-order valence-corrected chi connectivity index (χ2v) is 6.44. The molecule has 32 heavy (non-hydrogen) atoms. The summed E-state index contributed by atoms with van der Waals surface area (Å²) in [5.74, 6) is 0.495. The quantitative estimate of drug-likeness (QED) is 0.242. The van der Waals surface area contributed by atoms with Crippen LogP contribution in [-0.4, -0.2) is 64.5 Å². The molecule has 1 heterocycles. The number of rotatable bonds is 11. The van der Waals surface area contributed by atoms with Crippen LogP contribution in [0.25, 0.3) is 0 Å². The lowest BCUT2D eigenvalue weighted by molar-refractivity contribution is -0.129. The topological polar surface area (TPSA) is 174 Å². The number of aromatic nitrogens is 2. The minimum atomic E-state index is -1.09. The number of anilines is 1. The maximum Gasteiger partial charge on any atom is 0.416 e. The maximum absolute atomic E-state index is 12.3. The zero-order chi connectivity index (χ0) is 24.1. The van der Waals surface area contributed by atoms with Crippen LogP contribution in [0, 0.1) is 12.3 Å². The monoisotopic (exact) mass is 449 g/mol. The molecule has 0 saturated carbocycles. The number of H-pyrrole nitrogens is 1. The minimum Gasteiger partial charge on any atom is -0.449 e. The smallest absolute Gasteiger partial charge is 0.416 e. The standard InChI is InChI=1S/C20H27N5O7/c1-4-13(32-18(28)14-12-23-19(29)24-17(14)21)8-10-25(16(27)6-3)20(30)31-11-7-9-22-15(26)5-2/h1,12-13H,5-11H2,2-3H3,(H,22,26)(H3,21,23,24,29). The summed E-state index contributed by atoms with van der Waals surface area (Å²) in [5.41, 5.74) is 4.66. The number of imide groups is 1. The first-order valence-electron chi connectivity index (χ1n) is 9.99. The fraction of sp³-hybridized carbons (Fsp3) is 0.500. The zero-order valence-electron chi connectivity index (χ0n) is 18.0. The number of carbonyl (C=O) groups is 4. The molecular formula is C20H27N5O7. The number of hydrogen-bond acceptors (Lipinski definition) is 9. The van der Waals surface area contributed by atoms with Crippen molar-refractivity contribution in [1.82, 2.24) is 20.2 Å². The van der Waals surface area contributed by atoms with E-state index in [9.17, 15) is 24.0 Å². The fourth-order valence-electron chi connectivity index (χ4n) is 2.36. The molecule has 3 amide bonds. The second-order valence-electron chi connectivity index (χ2n) is 6.44. The molecule has 4 N–H and O–H groups in total. The Kier molecular flexibility index (Phi) is 11.0. The van der Waals surface area contributed by atoms with E-state index in [1.807, 2.05) is 0 Å². The van der Waals surface area contributed by atoms with Gasteiger partial charge in [-0.15, -0.1) is 6.42 Å². The summed E-state index contributed by atoms with van der Waals surface area (Å²) in [7, 11) is 0. The number of ether oxygens (including phenoxy) is 2. The zero-order valence-corrected chi connectivity index (χ0v) is 18.0. The van der Waals surface area contributed by atoms with E-state index in [0.29, 0.717) is 19.4 Å². The Morgan fingerprint density at radius 3 is 2.62 bits per heavy atom. The molecule has 0 aliphatic rings. The number of nitrogens with one attached hydrogen (secondary N) is 2. The average molecular weight is 449 g/mol. The van der Waals surface area contributed by atoms with E-state index in [-0.39, 0.29) is 43.3 Å². The SMILES string of the molecule is C#CC(CCN(C(=O)CC)C(=O)OCCCNC(=O)CC)OC(=O)c1cnc(=O)[nH]c1N. The van der Waals surface area contributed by atoms with Crippen molar-refractivity contribution in [1.29, 1.82) is 0 Å². The largest absolute Gasteiger partial charge is 0.449 e. The van der Waals surface area contributed by atoms with Crippen LogP contribution in [0.2, 0.25) is 0 Å². The molecule has 0 aliphatic carbocycles. The molecule has 1 aromatic rings. The highest BCUT2D eigenvalue weighted by Crippen LogP contribution is 2.11. The van der Waals surface area contributed by atoms with E-state index < -0.39 is 29.8 Å². The Hall–Kier alpha value is -3.88. The summed E-state index contributed by atoms with van der Waals surface area (Å²) < 4.78 is 10.2. The number of aromatic amines is 1. The highest BCUT2D eigenvalue weighted by atomic mass is 16.6. The van der Waals surface area contributed by atoms with E-state index in [2.05, 4.69) is 21.2 Å². The van der Waals surface area contributed by atoms with Gasteiger partial charge in [0.2, 0.25) is 11.8 Å². The first kappa shape index (κ1) is 26.2. The molecule has 12 nitrogen and oxygen atoms in total. The summed E-state index contributed by atoms with van der Waals surface area (Å²) in [6, 6.07) is 0. The summed E-state index contributed by atoms with van der Waals surface area (Å²) in [4.78, 5) is 65.4. The van der Waals surface area contributed by atoms with Gasteiger partial charge in [0.1, 0.15) is 11.4 Å². The highest BCUT2D eigenvalue weighted by molar-refractivity contribution is 5.94. The predicted octanol–water partition coefficient (Wildman–Crippen LogP) is 0.192. The van der Waals surface area contributed by atoms with E-state index in [1.54, 1.807) is 13.8 Å². The van der Waals surface area contributed by atoms with Gasteiger partial charge in [-0.25, -0.2) is 24.3 Å². The lowest BCUT2D eigenvalue weighted by atomic mass is 10.2. The summed E-state index contributed by atoms with van der Waals surface area (Å²) in [6.07, 6.45) is 5.13. The normalized spacial score (nSPS) is 11.0. The van der Waals surface area contributed by atoms with Gasteiger partial charge in [0.25, 0.3) is 0 Å². The van der Waals surface area contributed by atoms with Crippen LogP contribution in [0.4, 0.5) is 10.6 Å². The lowest BCUT2D eigenvalue weighted by Crippen LogP contribution is -2.39. The van der Waals surface area contributed by atoms with Gasteiger partial charge in [-0.1, -0.05) is 19.8 Å². The van der Waals surface area contributed by atoms with Crippen LogP contribution < -0.4 is 16.7 Å². The Morgan fingerprint density at radius 1 is 1.31 bits per heavy atom. The van der Waals surface area contributed by atoms with Gasteiger partial charge in [-0.2, -0.15) is 0 Å². The van der Waals surface area contributed by atoms with Crippen molar-refractivity contribution in [3.8, 4) is 12.3 Å². The number of esters is 1. The van der Waals surface area contributed by atoms with E-state index >= 15 is 0 Å². The molecule has 0 radical (unpaired) electrons. The van der Waals surface area contributed by atoms with E-state index in [0.717, 1.165) is 11.1 Å². The molecule has 0 aliphatic heterocycles. The molecule has 1 atom stereocenters. The molecular weight excluding hydrogens is 422 g/mol. The van der Waals surface area contributed by atoms with Gasteiger partial charge in [-0.3, -0.25) is 14.6 Å². The summed E-state index contributed by atoms with van der Waals surface area (Å²) in [6.45, 7) is 3.48. The Labute approximate surface area is 184 Å². The number of nitrogens with zero attached hydrogens (tertiary/aromatic N) is 2. The van der Waals surface area contributed by atoms with Crippen LogP contribution in [0.15, 0.2) is 11.0 Å². The molecule has 0 bridgehead atoms. The number of nitrogens with two attached hydrogens (primary N) is 1. The third-order valence-electron chi connectivity index (χ3n) is 4.13. The number of carbonyl (C=O) groups excluding carboxylic acids is 4. The van der Waals surface area contributed by atoms with E-state index in [1.165, 1.54) is 0 Å². The van der Waals surface area contributed by atoms with Crippen molar-refractivity contribution in [3.63, 3.8) is 0 Å². The van der Waals surface area contributed by atoms with Crippen molar-refractivity contribution >= 4 is 29.7 Å². The second kappa shape index (κ2) is 13.4. The Bertz CT molecular complexity index is 922. The molecule has 12 heteroatoms. The van der Waals surface area contributed by atoms with Crippen molar-refractivity contribution < 1.29 is 28.7 Å². The summed E-state index contributed by atoms with van der Waals surface area (Å²) in [5, 5.41) is 2.64. The molecule has 0 aromatic carbocycles. The third-order valence-corrected chi connectivity index (χ3v) is 4.13. The number of hydrogen-bond donors (Lipinski definition) is 3. The van der Waals surface area contributed by atoms with Gasteiger partial charge in [0.05, 0.1) is 12.8 Å². The van der Waals surface area contributed by atoms with Crippen LogP contribution in [-0.2, 0) is 19.1 Å². The van der Waals surface area contributed by atoms with Gasteiger partial charge in [-0.05, 0) is 6.42 Å². The van der Waals surface area contributed by atoms with E-state index in [4.69, 9.17) is 21.6 Å². The van der Waals surface area contributed by atoms with Crippen molar-refractivity contribution in [3.05, 3.63) is 22.2 Å². The number of nitrogen functional groups attached to an aromatic ring is 1. The van der Waals surface area contributed by atoms with Crippen LogP contribution in [0.3, 0.4) is 0 Å². The predicted molar refractivity (Wildman–Crippen MR) is 113 cm³/mol. The van der Waals surface area contributed by atoms with Gasteiger partial charge in [0, 0.05) is 32.4 Å². The highest BCUT2D eigenvalue weighted by Gasteiger charge is 2.24.